The minimum Gasteiger partial charge on any atom is -0.383 e. The number of benzene rings is 1. The Hall–Kier alpha value is -1.39. The molecule has 1 rings (SSSR count). The van der Waals surface area contributed by atoms with E-state index in [9.17, 15) is 4.79 Å². The monoisotopic (exact) mass is 222 g/mol. The number of hydrogen-bond donors (Lipinski definition) is 2. The van der Waals surface area contributed by atoms with Crippen LogP contribution in [-0.2, 0) is 16.1 Å². The van der Waals surface area contributed by atoms with Crippen molar-refractivity contribution in [2.45, 2.75) is 13.5 Å². The fourth-order valence-electron chi connectivity index (χ4n) is 1.32. The summed E-state index contributed by atoms with van der Waals surface area (Å²) in [4.78, 5) is 10.8. The van der Waals surface area contributed by atoms with Gasteiger partial charge in [-0.05, 0) is 17.7 Å². The van der Waals surface area contributed by atoms with Gasteiger partial charge in [-0.25, -0.2) is 0 Å². The van der Waals surface area contributed by atoms with E-state index in [1.54, 1.807) is 7.11 Å². The van der Waals surface area contributed by atoms with E-state index in [0.717, 1.165) is 18.8 Å². The highest BCUT2D eigenvalue weighted by molar-refractivity contribution is 5.88. The van der Waals surface area contributed by atoms with Gasteiger partial charge in [0.25, 0.3) is 0 Å². The number of carbonyl (C=O) groups is 1. The minimum atomic E-state index is -0.0500. The molecule has 0 aliphatic heterocycles. The molecule has 4 heteroatoms. The minimum absolute atomic E-state index is 0.0500. The summed E-state index contributed by atoms with van der Waals surface area (Å²) in [6, 6.07) is 7.78. The number of amides is 1. The van der Waals surface area contributed by atoms with Crippen LogP contribution in [0.15, 0.2) is 24.3 Å². The van der Waals surface area contributed by atoms with Crippen LogP contribution in [0.4, 0.5) is 5.69 Å². The van der Waals surface area contributed by atoms with Crippen LogP contribution in [0.3, 0.4) is 0 Å². The Labute approximate surface area is 96.0 Å². The van der Waals surface area contributed by atoms with E-state index in [1.807, 2.05) is 24.3 Å². The van der Waals surface area contributed by atoms with Crippen molar-refractivity contribution in [2.24, 2.45) is 0 Å². The highest BCUT2D eigenvalue weighted by Crippen LogP contribution is 2.08. The van der Waals surface area contributed by atoms with Crippen LogP contribution in [-0.4, -0.2) is 26.2 Å². The van der Waals surface area contributed by atoms with Gasteiger partial charge in [0.15, 0.2) is 0 Å². The zero-order valence-corrected chi connectivity index (χ0v) is 9.75. The molecule has 4 nitrogen and oxygen atoms in total. The third-order valence-electron chi connectivity index (χ3n) is 2.09. The Morgan fingerprint density at radius 3 is 2.56 bits per heavy atom. The molecule has 0 spiro atoms. The second kappa shape index (κ2) is 6.98. The van der Waals surface area contributed by atoms with Crippen molar-refractivity contribution in [1.29, 1.82) is 0 Å². The lowest BCUT2D eigenvalue weighted by Gasteiger charge is -2.06. The number of hydrogen-bond acceptors (Lipinski definition) is 3. The molecule has 0 radical (unpaired) electrons. The highest BCUT2D eigenvalue weighted by Gasteiger charge is 1.96. The molecule has 16 heavy (non-hydrogen) atoms. The van der Waals surface area contributed by atoms with Gasteiger partial charge in [-0.1, -0.05) is 12.1 Å². The summed E-state index contributed by atoms with van der Waals surface area (Å²) in [7, 11) is 1.68. The van der Waals surface area contributed by atoms with E-state index in [2.05, 4.69) is 10.6 Å². The largest absolute Gasteiger partial charge is 0.383 e. The van der Waals surface area contributed by atoms with E-state index < -0.39 is 0 Å². The van der Waals surface area contributed by atoms with Crippen LogP contribution >= 0.6 is 0 Å². The number of ether oxygens (including phenoxy) is 1. The van der Waals surface area contributed by atoms with E-state index in [-0.39, 0.29) is 5.91 Å². The summed E-state index contributed by atoms with van der Waals surface area (Å²) < 4.78 is 4.93. The molecule has 88 valence electrons. The second-order valence-electron chi connectivity index (χ2n) is 3.55. The van der Waals surface area contributed by atoms with Gasteiger partial charge in [-0.15, -0.1) is 0 Å². The molecule has 0 atom stereocenters. The summed E-state index contributed by atoms with van der Waals surface area (Å²) in [5, 5.41) is 5.98. The summed E-state index contributed by atoms with van der Waals surface area (Å²) in [5.74, 6) is -0.0500. The average Bonchev–Trinajstić information content (AvgIpc) is 2.26. The maximum Gasteiger partial charge on any atom is 0.221 e. The van der Waals surface area contributed by atoms with Crippen molar-refractivity contribution in [2.75, 3.05) is 25.6 Å². The van der Waals surface area contributed by atoms with Crippen LogP contribution in [0.5, 0.6) is 0 Å². The summed E-state index contributed by atoms with van der Waals surface area (Å²) in [5.41, 5.74) is 2.01. The lowest BCUT2D eigenvalue weighted by molar-refractivity contribution is -0.114. The maximum atomic E-state index is 10.8. The van der Waals surface area contributed by atoms with Crippen molar-refractivity contribution in [3.8, 4) is 0 Å². The maximum absolute atomic E-state index is 10.8. The number of rotatable bonds is 6. The zero-order valence-electron chi connectivity index (χ0n) is 9.75. The normalized spacial score (nSPS) is 10.1. The highest BCUT2D eigenvalue weighted by atomic mass is 16.5. The lowest BCUT2D eigenvalue weighted by Crippen LogP contribution is -2.18. The summed E-state index contributed by atoms with van der Waals surface area (Å²) >= 11 is 0. The van der Waals surface area contributed by atoms with Gasteiger partial charge in [0, 0.05) is 32.8 Å². The molecule has 0 heterocycles. The molecular weight excluding hydrogens is 204 g/mol. The van der Waals surface area contributed by atoms with Gasteiger partial charge < -0.3 is 15.4 Å². The zero-order chi connectivity index (χ0) is 11.8. The van der Waals surface area contributed by atoms with Crippen LogP contribution in [0.2, 0.25) is 0 Å². The van der Waals surface area contributed by atoms with Gasteiger partial charge in [0.1, 0.15) is 0 Å². The van der Waals surface area contributed by atoms with E-state index in [1.165, 1.54) is 12.5 Å². The SMILES string of the molecule is COCCNCc1ccc(NC(C)=O)cc1. The molecule has 0 unspecified atom stereocenters. The molecule has 0 saturated carbocycles. The third kappa shape index (κ3) is 4.91. The average molecular weight is 222 g/mol. The standard InChI is InChI=1S/C12H18N2O2/c1-10(15)14-12-5-3-11(4-6-12)9-13-7-8-16-2/h3-6,13H,7-9H2,1-2H3,(H,14,15). The van der Waals surface area contributed by atoms with Crippen molar-refractivity contribution in [3.05, 3.63) is 29.8 Å². The van der Waals surface area contributed by atoms with Crippen molar-refractivity contribution < 1.29 is 9.53 Å². The first kappa shape index (κ1) is 12.7. The first-order valence-corrected chi connectivity index (χ1v) is 5.28. The van der Waals surface area contributed by atoms with Crippen LogP contribution in [0.1, 0.15) is 12.5 Å². The molecule has 0 aromatic heterocycles. The van der Waals surface area contributed by atoms with Gasteiger partial charge in [-0.2, -0.15) is 0 Å². The first-order valence-electron chi connectivity index (χ1n) is 5.28. The van der Waals surface area contributed by atoms with E-state index in [0.29, 0.717) is 6.61 Å². The molecule has 2 N–H and O–H groups in total. The number of methoxy groups -OCH3 is 1. The predicted octanol–water partition coefficient (Wildman–Crippen LogP) is 1.38. The first-order chi connectivity index (χ1) is 7.72. The Bertz CT molecular complexity index is 322. The molecule has 1 aromatic carbocycles. The molecule has 0 bridgehead atoms. The van der Waals surface area contributed by atoms with Gasteiger partial charge in [0.05, 0.1) is 6.61 Å². The lowest BCUT2D eigenvalue weighted by atomic mass is 10.2. The summed E-state index contributed by atoms with van der Waals surface area (Å²) in [6.45, 7) is 3.86. The van der Waals surface area contributed by atoms with Crippen LogP contribution in [0.25, 0.3) is 0 Å². The molecule has 0 fully saturated rings. The fourth-order valence-corrected chi connectivity index (χ4v) is 1.32. The molecule has 0 aliphatic carbocycles. The number of carbonyl (C=O) groups excluding carboxylic acids is 1. The Morgan fingerprint density at radius 2 is 2.00 bits per heavy atom. The molecule has 0 aliphatic rings. The molecule has 0 saturated heterocycles. The van der Waals surface area contributed by atoms with Crippen molar-refractivity contribution in [1.82, 2.24) is 5.32 Å². The van der Waals surface area contributed by atoms with Crippen molar-refractivity contribution >= 4 is 11.6 Å². The van der Waals surface area contributed by atoms with Crippen LogP contribution in [0, 0.1) is 0 Å². The van der Waals surface area contributed by atoms with Crippen molar-refractivity contribution in [3.63, 3.8) is 0 Å². The molecule has 1 aromatic rings. The fraction of sp³-hybridized carbons (Fsp3) is 0.417. The smallest absolute Gasteiger partial charge is 0.221 e. The second-order valence-corrected chi connectivity index (χ2v) is 3.55. The summed E-state index contributed by atoms with van der Waals surface area (Å²) in [6.07, 6.45) is 0. The predicted molar refractivity (Wildman–Crippen MR) is 64.3 cm³/mol. The number of nitrogens with one attached hydrogen (secondary N) is 2. The van der Waals surface area contributed by atoms with E-state index in [4.69, 9.17) is 4.74 Å². The Kier molecular flexibility index (Phi) is 5.53. The molecular formula is C12H18N2O2. The van der Waals surface area contributed by atoms with Gasteiger partial charge in [-0.3, -0.25) is 4.79 Å². The third-order valence-corrected chi connectivity index (χ3v) is 2.09. The van der Waals surface area contributed by atoms with Gasteiger partial charge in [0.2, 0.25) is 5.91 Å². The van der Waals surface area contributed by atoms with E-state index >= 15 is 0 Å². The Balaban J connectivity index is 2.36. The number of anilines is 1. The molecule has 1 amide bonds. The topological polar surface area (TPSA) is 50.4 Å². The Morgan fingerprint density at radius 1 is 1.31 bits per heavy atom. The van der Waals surface area contributed by atoms with Gasteiger partial charge >= 0.3 is 0 Å². The quantitative estimate of drug-likeness (QED) is 0.715. The van der Waals surface area contributed by atoms with Crippen LogP contribution < -0.4 is 10.6 Å².